The highest BCUT2D eigenvalue weighted by atomic mass is 35.5. The van der Waals surface area contributed by atoms with Gasteiger partial charge in [0.1, 0.15) is 35.6 Å². The molecule has 0 radical (unpaired) electrons. The molecule has 4 rings (SSSR count). The number of carbonyl (C=O) groups excluding carboxylic acids is 1. The number of nitrogens with two attached hydrogens (primary N) is 1. The number of primary amides is 1. The van der Waals surface area contributed by atoms with Crippen molar-refractivity contribution in [3.63, 3.8) is 0 Å². The number of benzene rings is 2. The second kappa shape index (κ2) is 12.0. The second-order valence-corrected chi connectivity index (χ2v) is 9.35. The molecule has 1 fully saturated rings. The fraction of sp³-hybridized carbons (Fsp3) is 0.417. The number of hydrogen-bond donors (Lipinski definition) is 4. The minimum Gasteiger partial charge on any atom is -0.489 e. The van der Waals surface area contributed by atoms with E-state index in [2.05, 4.69) is 10.2 Å². The van der Waals surface area contributed by atoms with Gasteiger partial charge in [-0.25, -0.2) is 14.0 Å². The van der Waals surface area contributed by atoms with E-state index in [1.165, 1.54) is 12.1 Å². The number of fused-ring (bicyclic) bond motifs is 1. The quantitative estimate of drug-likeness (QED) is 0.393. The molecular weight excluding hydrogens is 538 g/mol. The number of ether oxygens (including phenoxy) is 2. The molecule has 38 heavy (non-hydrogen) atoms. The minimum absolute atomic E-state index is 0.0427. The van der Waals surface area contributed by atoms with E-state index >= 15 is 0 Å². The van der Waals surface area contributed by atoms with Crippen LogP contribution in [0.1, 0.15) is 18.4 Å². The molecule has 208 valence electrons. The lowest BCUT2D eigenvalue weighted by Gasteiger charge is -2.39. The Hall–Kier alpha value is -3.29. The molecule has 14 heteroatoms. The van der Waals surface area contributed by atoms with Gasteiger partial charge in [-0.15, -0.1) is 0 Å². The van der Waals surface area contributed by atoms with Gasteiger partial charge in [-0.05, 0) is 35.9 Å². The predicted molar refractivity (Wildman–Crippen MR) is 129 cm³/mol. The second-order valence-electron chi connectivity index (χ2n) is 8.91. The zero-order valence-electron chi connectivity index (χ0n) is 19.9. The summed E-state index contributed by atoms with van der Waals surface area (Å²) >= 11 is 6.10. The Kier molecular flexibility index (Phi) is 9.28. The van der Waals surface area contributed by atoms with Crippen molar-refractivity contribution >= 4 is 29.3 Å². The number of alkyl halides is 3. The number of halogens is 5. The number of rotatable bonds is 6. The molecule has 5 N–H and O–H groups in total. The number of aliphatic hydroxyl groups excluding tert-OH is 1. The predicted octanol–water partition coefficient (Wildman–Crippen LogP) is 3.81. The third-order valence-corrected chi connectivity index (χ3v) is 6.21. The van der Waals surface area contributed by atoms with Gasteiger partial charge in [0.2, 0.25) is 0 Å². The molecule has 0 saturated carbocycles. The van der Waals surface area contributed by atoms with Crippen LogP contribution >= 0.6 is 11.6 Å². The Labute approximate surface area is 220 Å². The standard InChI is InChI=1S/C22H25ClFN3O4.C2HF3O2/c23-15-1-4-19-14(9-15)11-22(31-19)5-7-27(8-6-22)12-17(28)13-30-20-10-16(24)2-3-18(20)26-21(25)29;3-2(4,5)1(6)7/h1-4,9-10,17,28H,5-8,11-13H2,(H3,25,26,29);(H,6,7)/t17-;/m1./s1. The van der Waals surface area contributed by atoms with Gasteiger partial charge in [-0.1, -0.05) is 11.6 Å². The van der Waals surface area contributed by atoms with Crippen LogP contribution in [0.15, 0.2) is 36.4 Å². The molecule has 2 aliphatic rings. The average molecular weight is 564 g/mol. The number of likely N-dealkylation sites (tertiary alicyclic amines) is 1. The van der Waals surface area contributed by atoms with Crippen LogP contribution in [0.5, 0.6) is 11.5 Å². The number of aliphatic hydroxyl groups is 1. The van der Waals surface area contributed by atoms with Gasteiger partial charge in [0.25, 0.3) is 0 Å². The zero-order valence-corrected chi connectivity index (χ0v) is 20.7. The number of carbonyl (C=O) groups is 2. The molecule has 2 aromatic rings. The van der Waals surface area contributed by atoms with Crippen molar-refractivity contribution < 1.29 is 46.8 Å². The van der Waals surface area contributed by atoms with Crippen LogP contribution in [0.25, 0.3) is 0 Å². The molecule has 1 saturated heterocycles. The Morgan fingerprint density at radius 2 is 1.87 bits per heavy atom. The number of β-amino-alcohol motifs (C(OH)–C–C–N with tert-alkyl or cyclic N) is 1. The normalized spacial score (nSPS) is 17.0. The number of hydrogen-bond acceptors (Lipinski definition) is 6. The highest BCUT2D eigenvalue weighted by Crippen LogP contribution is 2.42. The first-order valence-corrected chi connectivity index (χ1v) is 11.8. The smallest absolute Gasteiger partial charge is 0.489 e. The Balaban J connectivity index is 0.000000505. The first-order valence-electron chi connectivity index (χ1n) is 11.4. The van der Waals surface area contributed by atoms with E-state index in [0.717, 1.165) is 49.7 Å². The van der Waals surface area contributed by atoms with Gasteiger partial charge in [0.05, 0.1) is 5.69 Å². The van der Waals surface area contributed by atoms with E-state index < -0.39 is 30.1 Å². The lowest BCUT2D eigenvalue weighted by molar-refractivity contribution is -0.192. The molecule has 1 spiro atoms. The maximum atomic E-state index is 13.5. The lowest BCUT2D eigenvalue weighted by Crippen LogP contribution is -2.49. The molecule has 0 aromatic heterocycles. The van der Waals surface area contributed by atoms with E-state index in [1.54, 1.807) is 0 Å². The van der Waals surface area contributed by atoms with Crippen molar-refractivity contribution in [2.75, 3.05) is 31.6 Å². The number of amides is 2. The number of piperidine rings is 1. The Morgan fingerprint density at radius 3 is 2.47 bits per heavy atom. The first-order chi connectivity index (χ1) is 17.8. The van der Waals surface area contributed by atoms with Crippen LogP contribution in [0.4, 0.5) is 28.0 Å². The number of nitrogens with zero attached hydrogens (tertiary/aromatic N) is 1. The summed E-state index contributed by atoms with van der Waals surface area (Å²) in [5.74, 6) is -2.25. The molecular formula is C24H26ClF4N3O6. The lowest BCUT2D eigenvalue weighted by atomic mass is 9.87. The molecule has 0 bridgehead atoms. The number of carboxylic acids is 1. The maximum Gasteiger partial charge on any atom is 0.490 e. The third kappa shape index (κ3) is 8.10. The molecule has 0 aliphatic carbocycles. The van der Waals surface area contributed by atoms with Gasteiger partial charge in [0, 0.05) is 50.0 Å². The number of carboxylic acid groups (broad SMARTS) is 1. The number of anilines is 1. The molecule has 9 nitrogen and oxygen atoms in total. The minimum atomic E-state index is -5.08. The monoisotopic (exact) mass is 563 g/mol. The van der Waals surface area contributed by atoms with Crippen LogP contribution in [0.3, 0.4) is 0 Å². The van der Waals surface area contributed by atoms with Crippen LogP contribution in [-0.4, -0.2) is 71.2 Å². The fourth-order valence-corrected chi connectivity index (χ4v) is 4.41. The molecule has 2 amide bonds. The zero-order chi connectivity index (χ0) is 28.1. The summed E-state index contributed by atoms with van der Waals surface area (Å²) in [4.78, 5) is 22.1. The summed E-state index contributed by atoms with van der Waals surface area (Å²) < 4.78 is 57.1. The summed E-state index contributed by atoms with van der Waals surface area (Å²) in [6.45, 7) is 1.95. The van der Waals surface area contributed by atoms with Crippen molar-refractivity contribution in [2.45, 2.75) is 37.1 Å². The molecule has 2 heterocycles. The average Bonchev–Trinajstić information content (AvgIpc) is 3.17. The third-order valence-electron chi connectivity index (χ3n) is 5.97. The first kappa shape index (κ1) is 29.3. The van der Waals surface area contributed by atoms with Crippen LogP contribution in [0, 0.1) is 5.82 Å². The largest absolute Gasteiger partial charge is 0.490 e. The summed E-state index contributed by atoms with van der Waals surface area (Å²) in [7, 11) is 0. The van der Waals surface area contributed by atoms with E-state index in [-0.39, 0.29) is 23.6 Å². The highest BCUT2D eigenvalue weighted by molar-refractivity contribution is 6.30. The molecule has 2 aromatic carbocycles. The fourth-order valence-electron chi connectivity index (χ4n) is 4.21. The summed E-state index contributed by atoms with van der Waals surface area (Å²) in [6, 6.07) is 8.64. The molecule has 1 atom stereocenters. The van der Waals surface area contributed by atoms with Gasteiger partial charge in [-0.2, -0.15) is 13.2 Å². The van der Waals surface area contributed by atoms with Gasteiger partial charge in [-0.3, -0.25) is 0 Å². The Bertz CT molecular complexity index is 1160. The summed E-state index contributed by atoms with van der Waals surface area (Å²) in [5.41, 5.74) is 6.31. The number of nitrogens with one attached hydrogen (secondary N) is 1. The van der Waals surface area contributed by atoms with Crippen molar-refractivity contribution in [1.29, 1.82) is 0 Å². The van der Waals surface area contributed by atoms with Gasteiger partial charge in [0.15, 0.2) is 0 Å². The van der Waals surface area contributed by atoms with Crippen molar-refractivity contribution in [3.05, 3.63) is 52.8 Å². The van der Waals surface area contributed by atoms with Gasteiger partial charge < -0.3 is 35.6 Å². The van der Waals surface area contributed by atoms with Gasteiger partial charge >= 0.3 is 18.2 Å². The number of urea groups is 1. The van der Waals surface area contributed by atoms with Crippen LogP contribution in [0.2, 0.25) is 5.02 Å². The summed E-state index contributed by atoms with van der Waals surface area (Å²) in [6.07, 6.45) is -3.32. The van der Waals surface area contributed by atoms with Crippen molar-refractivity contribution in [1.82, 2.24) is 4.90 Å². The maximum absolute atomic E-state index is 13.5. The van der Waals surface area contributed by atoms with E-state index in [0.29, 0.717) is 11.6 Å². The highest BCUT2D eigenvalue weighted by Gasteiger charge is 2.42. The van der Waals surface area contributed by atoms with Crippen molar-refractivity contribution in [3.8, 4) is 11.5 Å². The van der Waals surface area contributed by atoms with E-state index in [9.17, 15) is 27.5 Å². The SMILES string of the molecule is NC(=O)Nc1ccc(F)cc1OC[C@H](O)CN1CCC2(CC1)Cc1cc(Cl)ccc1O2.O=C(O)C(F)(F)F. The summed E-state index contributed by atoms with van der Waals surface area (Å²) in [5, 5.41) is 20.6. The molecule has 0 unspecified atom stereocenters. The topological polar surface area (TPSA) is 134 Å². The Morgan fingerprint density at radius 1 is 1.21 bits per heavy atom. The van der Waals surface area contributed by atoms with Crippen LogP contribution < -0.4 is 20.5 Å². The van der Waals surface area contributed by atoms with Crippen LogP contribution in [-0.2, 0) is 11.2 Å². The molecule has 2 aliphatic heterocycles. The number of aliphatic carboxylic acids is 1. The van der Waals surface area contributed by atoms with E-state index in [1.807, 2.05) is 18.2 Å². The van der Waals surface area contributed by atoms with E-state index in [4.69, 9.17) is 36.7 Å². The van der Waals surface area contributed by atoms with Crippen molar-refractivity contribution in [2.24, 2.45) is 5.73 Å².